The summed E-state index contributed by atoms with van der Waals surface area (Å²) in [6.45, 7) is 2.04. The van der Waals surface area contributed by atoms with Crippen LogP contribution >= 0.6 is 39.5 Å². The highest BCUT2D eigenvalue weighted by atomic mass is 79.9. The first kappa shape index (κ1) is 14.4. The largest absolute Gasteiger partial charge is 0.250 e. The second-order valence-electron chi connectivity index (χ2n) is 4.37. The summed E-state index contributed by atoms with van der Waals surface area (Å²) in [6, 6.07) is 12.0. The van der Waals surface area contributed by atoms with E-state index in [9.17, 15) is 0 Å². The number of H-pyrrole nitrogens is 1. The molecule has 0 fully saturated rings. The van der Waals surface area contributed by atoms with E-state index in [1.54, 1.807) is 22.2 Å². The van der Waals surface area contributed by atoms with Gasteiger partial charge in [0.1, 0.15) is 0 Å². The highest BCUT2D eigenvalue weighted by molar-refractivity contribution is 9.11. The van der Waals surface area contributed by atoms with Crippen LogP contribution < -0.4 is 0 Å². The molecule has 0 aliphatic heterocycles. The number of benzene rings is 1. The van der Waals surface area contributed by atoms with Crippen molar-refractivity contribution in [2.24, 2.45) is 5.10 Å². The molecule has 0 radical (unpaired) electrons. The Hall–Kier alpha value is -1.57. The van der Waals surface area contributed by atoms with Crippen molar-refractivity contribution in [2.75, 3.05) is 0 Å². The molecule has 0 saturated heterocycles. The number of rotatable bonds is 3. The molecule has 7 heteroatoms. The van der Waals surface area contributed by atoms with E-state index in [-0.39, 0.29) is 0 Å². The van der Waals surface area contributed by atoms with Crippen molar-refractivity contribution in [3.05, 3.63) is 55.4 Å². The van der Waals surface area contributed by atoms with Gasteiger partial charge in [0.05, 0.1) is 10.0 Å². The second kappa shape index (κ2) is 6.05. The summed E-state index contributed by atoms with van der Waals surface area (Å²) >= 11 is 10.3. The first-order chi connectivity index (χ1) is 10.1. The fourth-order valence-corrected chi connectivity index (χ4v) is 3.38. The number of aromatic amines is 1. The van der Waals surface area contributed by atoms with Crippen molar-refractivity contribution >= 4 is 45.7 Å². The molecule has 0 saturated carbocycles. The number of nitrogens with zero attached hydrogens (tertiary/aromatic N) is 3. The zero-order chi connectivity index (χ0) is 14.8. The Morgan fingerprint density at radius 2 is 2.14 bits per heavy atom. The van der Waals surface area contributed by atoms with Crippen LogP contribution in [0.3, 0.4) is 0 Å². The molecule has 1 aromatic carbocycles. The Balaban J connectivity index is 2.04. The van der Waals surface area contributed by atoms with Crippen LogP contribution in [-0.4, -0.2) is 21.1 Å². The molecule has 0 amide bonds. The number of nitrogens with one attached hydrogen (secondary N) is 1. The number of hydrogen-bond donors (Lipinski definition) is 1. The number of aryl methyl sites for hydroxylation is 1. The third kappa shape index (κ3) is 3.04. The minimum absolute atomic E-state index is 0.472. The summed E-state index contributed by atoms with van der Waals surface area (Å²) < 4.78 is 3.18. The van der Waals surface area contributed by atoms with Crippen LogP contribution in [0.4, 0.5) is 0 Å². The van der Waals surface area contributed by atoms with Crippen LogP contribution in [0.25, 0.3) is 11.4 Å². The minimum Gasteiger partial charge on any atom is -0.250 e. The maximum atomic E-state index is 5.26. The lowest BCUT2D eigenvalue weighted by Crippen LogP contribution is -1.95. The van der Waals surface area contributed by atoms with E-state index in [2.05, 4.69) is 31.2 Å². The van der Waals surface area contributed by atoms with E-state index in [0.717, 1.165) is 19.8 Å². The topological polar surface area (TPSA) is 46.0 Å². The van der Waals surface area contributed by atoms with E-state index >= 15 is 0 Å². The van der Waals surface area contributed by atoms with Crippen molar-refractivity contribution in [3.63, 3.8) is 0 Å². The van der Waals surface area contributed by atoms with Crippen LogP contribution in [0.15, 0.2) is 45.3 Å². The SMILES string of the molecule is Cc1ccccc1-c1n[nH]c(=S)n1/N=C\c1ccc(Br)s1. The summed E-state index contributed by atoms with van der Waals surface area (Å²) in [4.78, 5) is 1.04. The standard InChI is InChI=1S/C14H11BrN4S2/c1-9-4-2-3-5-11(9)13-17-18-14(20)19(13)16-8-10-6-7-12(15)21-10/h2-8H,1H3,(H,18,20)/b16-8-. The Morgan fingerprint density at radius 3 is 2.86 bits per heavy atom. The van der Waals surface area contributed by atoms with E-state index in [1.807, 2.05) is 43.3 Å². The van der Waals surface area contributed by atoms with Gasteiger partial charge in [0.25, 0.3) is 0 Å². The van der Waals surface area contributed by atoms with Crippen LogP contribution in [-0.2, 0) is 0 Å². The highest BCUT2D eigenvalue weighted by Crippen LogP contribution is 2.22. The van der Waals surface area contributed by atoms with E-state index in [1.165, 1.54) is 0 Å². The summed E-state index contributed by atoms with van der Waals surface area (Å²) in [7, 11) is 0. The predicted molar refractivity (Wildman–Crippen MR) is 92.6 cm³/mol. The first-order valence-corrected chi connectivity index (χ1v) is 8.20. The molecule has 21 heavy (non-hydrogen) atoms. The monoisotopic (exact) mass is 378 g/mol. The van der Waals surface area contributed by atoms with Gasteiger partial charge in [0.2, 0.25) is 4.77 Å². The van der Waals surface area contributed by atoms with Gasteiger partial charge >= 0.3 is 0 Å². The van der Waals surface area contributed by atoms with Crippen molar-refractivity contribution < 1.29 is 0 Å². The number of halogens is 1. The molecule has 0 atom stereocenters. The van der Waals surface area contributed by atoms with Gasteiger partial charge in [-0.05, 0) is 52.8 Å². The van der Waals surface area contributed by atoms with Crippen LogP contribution in [0.1, 0.15) is 10.4 Å². The molecule has 1 N–H and O–H groups in total. The zero-order valence-corrected chi connectivity index (χ0v) is 14.3. The average Bonchev–Trinajstić information content (AvgIpc) is 3.04. The van der Waals surface area contributed by atoms with Gasteiger partial charge in [0, 0.05) is 10.4 Å². The van der Waals surface area contributed by atoms with Gasteiger partial charge in [-0.1, -0.05) is 24.3 Å². The smallest absolute Gasteiger partial charge is 0.216 e. The normalized spacial score (nSPS) is 11.3. The van der Waals surface area contributed by atoms with Gasteiger partial charge in [-0.25, -0.2) is 5.10 Å². The maximum absolute atomic E-state index is 5.26. The maximum Gasteiger partial charge on any atom is 0.216 e. The quantitative estimate of drug-likeness (QED) is 0.533. The predicted octanol–water partition coefficient (Wildman–Crippen LogP) is 4.62. The molecular weight excluding hydrogens is 368 g/mol. The Morgan fingerprint density at radius 1 is 1.33 bits per heavy atom. The fraction of sp³-hybridized carbons (Fsp3) is 0.0714. The van der Waals surface area contributed by atoms with Crippen molar-refractivity contribution in [3.8, 4) is 11.4 Å². The molecule has 106 valence electrons. The Labute approximate surface area is 139 Å². The first-order valence-electron chi connectivity index (χ1n) is 6.18. The van der Waals surface area contributed by atoms with Crippen LogP contribution in [0, 0.1) is 11.7 Å². The Bertz CT molecular complexity index is 860. The highest BCUT2D eigenvalue weighted by Gasteiger charge is 2.10. The fourth-order valence-electron chi connectivity index (χ4n) is 1.91. The number of aromatic nitrogens is 3. The van der Waals surface area contributed by atoms with E-state index in [0.29, 0.717) is 10.6 Å². The summed E-state index contributed by atoms with van der Waals surface area (Å²) in [5, 5.41) is 11.5. The molecule has 3 aromatic rings. The zero-order valence-electron chi connectivity index (χ0n) is 11.1. The van der Waals surface area contributed by atoms with Gasteiger partial charge in [-0.2, -0.15) is 14.9 Å². The summed E-state index contributed by atoms with van der Waals surface area (Å²) in [5.74, 6) is 0.713. The minimum atomic E-state index is 0.472. The summed E-state index contributed by atoms with van der Waals surface area (Å²) in [6.07, 6.45) is 1.78. The molecule has 2 heterocycles. The van der Waals surface area contributed by atoms with E-state index < -0.39 is 0 Å². The lowest BCUT2D eigenvalue weighted by Gasteiger charge is -2.03. The molecule has 2 aromatic heterocycles. The molecule has 0 bridgehead atoms. The van der Waals surface area contributed by atoms with Crippen molar-refractivity contribution in [1.29, 1.82) is 0 Å². The Kier molecular flexibility index (Phi) is 4.14. The van der Waals surface area contributed by atoms with Gasteiger partial charge in [-0.3, -0.25) is 0 Å². The van der Waals surface area contributed by atoms with Crippen molar-refractivity contribution in [2.45, 2.75) is 6.92 Å². The van der Waals surface area contributed by atoms with Crippen LogP contribution in [0.5, 0.6) is 0 Å². The second-order valence-corrected chi connectivity index (χ2v) is 7.25. The molecular formula is C14H11BrN4S2. The van der Waals surface area contributed by atoms with Crippen molar-refractivity contribution in [1.82, 2.24) is 14.9 Å². The van der Waals surface area contributed by atoms with Gasteiger partial charge in [-0.15, -0.1) is 11.3 Å². The lowest BCUT2D eigenvalue weighted by atomic mass is 10.1. The molecule has 3 rings (SSSR count). The third-order valence-corrected chi connectivity index (χ3v) is 4.75. The van der Waals surface area contributed by atoms with Gasteiger partial charge < -0.3 is 0 Å². The van der Waals surface area contributed by atoms with E-state index in [4.69, 9.17) is 12.2 Å². The number of hydrogen-bond acceptors (Lipinski definition) is 4. The van der Waals surface area contributed by atoms with Gasteiger partial charge in [0.15, 0.2) is 5.82 Å². The van der Waals surface area contributed by atoms with Crippen LogP contribution in [0.2, 0.25) is 0 Å². The average molecular weight is 379 g/mol. The summed E-state index contributed by atoms with van der Waals surface area (Å²) in [5.41, 5.74) is 2.14. The molecule has 4 nitrogen and oxygen atoms in total. The molecule has 0 spiro atoms. The third-order valence-electron chi connectivity index (χ3n) is 2.93. The molecule has 0 aliphatic carbocycles. The molecule has 0 unspecified atom stereocenters. The number of thiophene rings is 1. The lowest BCUT2D eigenvalue weighted by molar-refractivity contribution is 0.871. The molecule has 0 aliphatic rings.